The molecule has 0 unspecified atom stereocenters. The fourth-order valence-corrected chi connectivity index (χ4v) is 3.79. The first-order valence-corrected chi connectivity index (χ1v) is 10.8. The normalized spacial score (nSPS) is 10.8. The summed E-state index contributed by atoms with van der Waals surface area (Å²) < 4.78 is 26.6. The SMILES string of the molecule is CCOC(=O)c1cncc(-n2c(C)ccc2-c2ccccc2OCc2ccc(F)cc2Cl)c1. The smallest absolute Gasteiger partial charge is 0.339 e. The van der Waals surface area contributed by atoms with Crippen LogP contribution in [-0.2, 0) is 11.3 Å². The number of hydrogen-bond acceptors (Lipinski definition) is 4. The average molecular weight is 465 g/mol. The molecule has 0 radical (unpaired) electrons. The third-order valence-corrected chi connectivity index (χ3v) is 5.48. The molecule has 168 valence electrons. The van der Waals surface area contributed by atoms with Gasteiger partial charge in [0.05, 0.1) is 34.8 Å². The Bertz CT molecular complexity index is 1300. The number of carbonyl (C=O) groups is 1. The van der Waals surface area contributed by atoms with Crippen molar-refractivity contribution in [3.8, 4) is 22.7 Å². The number of rotatable bonds is 7. The average Bonchev–Trinajstić information content (AvgIpc) is 3.20. The number of pyridine rings is 1. The Balaban J connectivity index is 1.70. The summed E-state index contributed by atoms with van der Waals surface area (Å²) in [5, 5.41) is 0.313. The summed E-state index contributed by atoms with van der Waals surface area (Å²) in [6.07, 6.45) is 3.18. The summed E-state index contributed by atoms with van der Waals surface area (Å²) in [5.74, 6) is -0.166. The number of hydrogen-bond donors (Lipinski definition) is 0. The minimum absolute atomic E-state index is 0.190. The largest absolute Gasteiger partial charge is 0.488 e. The van der Waals surface area contributed by atoms with Gasteiger partial charge in [0.25, 0.3) is 0 Å². The molecule has 2 aromatic carbocycles. The quantitative estimate of drug-likeness (QED) is 0.297. The molecule has 2 heterocycles. The van der Waals surface area contributed by atoms with Crippen molar-refractivity contribution in [2.24, 2.45) is 0 Å². The maximum Gasteiger partial charge on any atom is 0.339 e. The van der Waals surface area contributed by atoms with Crippen molar-refractivity contribution in [2.75, 3.05) is 6.61 Å². The molecule has 0 atom stereocenters. The van der Waals surface area contributed by atoms with Crippen LogP contribution in [0.5, 0.6) is 5.75 Å². The number of benzene rings is 2. The number of esters is 1. The number of ether oxygens (including phenoxy) is 2. The lowest BCUT2D eigenvalue weighted by Crippen LogP contribution is -2.07. The van der Waals surface area contributed by atoms with E-state index >= 15 is 0 Å². The van der Waals surface area contributed by atoms with Gasteiger partial charge in [0.1, 0.15) is 18.2 Å². The number of aryl methyl sites for hydroxylation is 1. The lowest BCUT2D eigenvalue weighted by molar-refractivity contribution is 0.0526. The lowest BCUT2D eigenvalue weighted by Gasteiger charge is -2.16. The van der Waals surface area contributed by atoms with Crippen LogP contribution >= 0.6 is 11.6 Å². The molecule has 0 saturated heterocycles. The second-order valence-corrected chi connectivity index (χ2v) is 7.78. The van der Waals surface area contributed by atoms with Crippen LogP contribution in [0, 0.1) is 12.7 Å². The molecule has 2 aromatic heterocycles. The highest BCUT2D eigenvalue weighted by Gasteiger charge is 2.16. The van der Waals surface area contributed by atoms with Crippen molar-refractivity contribution >= 4 is 17.6 Å². The number of halogens is 2. The zero-order valence-corrected chi connectivity index (χ0v) is 19.0. The number of nitrogens with zero attached hydrogens (tertiary/aromatic N) is 2. The number of para-hydroxylation sites is 1. The Kier molecular flexibility index (Phi) is 6.75. The number of aromatic nitrogens is 2. The van der Waals surface area contributed by atoms with Gasteiger partial charge in [-0.15, -0.1) is 0 Å². The summed E-state index contributed by atoms with van der Waals surface area (Å²) >= 11 is 6.16. The maximum absolute atomic E-state index is 13.4. The standard InChI is InChI=1S/C26H22ClFN2O3/c1-3-32-26(31)19-12-21(15-29-14-19)30-17(2)8-11-24(30)22-6-4-5-7-25(22)33-16-18-9-10-20(28)13-23(18)27/h4-15H,3,16H2,1-2H3. The zero-order chi connectivity index (χ0) is 23.4. The third kappa shape index (κ3) is 4.91. The molecule has 0 fully saturated rings. The van der Waals surface area contributed by atoms with Crippen molar-refractivity contribution < 1.29 is 18.7 Å². The van der Waals surface area contributed by atoms with E-state index in [0.717, 1.165) is 22.6 Å². The van der Waals surface area contributed by atoms with Crippen LogP contribution in [0.4, 0.5) is 4.39 Å². The van der Waals surface area contributed by atoms with Crippen LogP contribution in [0.2, 0.25) is 5.02 Å². The first kappa shape index (κ1) is 22.6. The van der Waals surface area contributed by atoms with Crippen LogP contribution in [0.25, 0.3) is 16.9 Å². The van der Waals surface area contributed by atoms with Crippen LogP contribution in [-0.4, -0.2) is 22.1 Å². The highest BCUT2D eigenvalue weighted by atomic mass is 35.5. The maximum atomic E-state index is 13.4. The van der Waals surface area contributed by atoms with E-state index in [-0.39, 0.29) is 6.61 Å². The minimum Gasteiger partial charge on any atom is -0.488 e. The fraction of sp³-hybridized carbons (Fsp3) is 0.154. The highest BCUT2D eigenvalue weighted by molar-refractivity contribution is 6.31. The van der Waals surface area contributed by atoms with Gasteiger partial charge in [0, 0.05) is 23.0 Å². The van der Waals surface area contributed by atoms with E-state index in [4.69, 9.17) is 21.1 Å². The van der Waals surface area contributed by atoms with Gasteiger partial charge in [-0.3, -0.25) is 4.98 Å². The summed E-state index contributed by atoms with van der Waals surface area (Å²) in [7, 11) is 0. The Hall–Kier alpha value is -3.64. The van der Waals surface area contributed by atoms with Gasteiger partial charge in [0.2, 0.25) is 0 Å². The van der Waals surface area contributed by atoms with E-state index in [1.54, 1.807) is 25.3 Å². The molecule has 0 saturated carbocycles. The van der Waals surface area contributed by atoms with Crippen LogP contribution in [0.1, 0.15) is 28.5 Å². The third-order valence-electron chi connectivity index (χ3n) is 5.13. The Morgan fingerprint density at radius 2 is 1.91 bits per heavy atom. The van der Waals surface area contributed by atoms with Crippen molar-refractivity contribution in [1.29, 1.82) is 0 Å². The Morgan fingerprint density at radius 3 is 2.70 bits per heavy atom. The van der Waals surface area contributed by atoms with Crippen LogP contribution < -0.4 is 4.74 Å². The van der Waals surface area contributed by atoms with Gasteiger partial charge in [-0.1, -0.05) is 29.8 Å². The predicted octanol–water partition coefficient (Wildman–Crippen LogP) is 6.40. The molecule has 0 amide bonds. The molecule has 4 aromatic rings. The summed E-state index contributed by atoms with van der Waals surface area (Å²) in [4.78, 5) is 16.4. The summed E-state index contributed by atoms with van der Waals surface area (Å²) in [5.41, 5.74) is 4.48. The molecule has 0 spiro atoms. The van der Waals surface area contributed by atoms with Crippen molar-refractivity contribution in [3.63, 3.8) is 0 Å². The first-order chi connectivity index (χ1) is 16.0. The van der Waals surface area contributed by atoms with Crippen molar-refractivity contribution in [2.45, 2.75) is 20.5 Å². The molecule has 0 aliphatic carbocycles. The van der Waals surface area contributed by atoms with E-state index in [0.29, 0.717) is 28.5 Å². The molecule has 0 N–H and O–H groups in total. The molecule has 0 aliphatic rings. The minimum atomic E-state index is -0.418. The zero-order valence-electron chi connectivity index (χ0n) is 18.2. The van der Waals surface area contributed by atoms with Gasteiger partial charge >= 0.3 is 5.97 Å². The van der Waals surface area contributed by atoms with E-state index in [1.807, 2.05) is 47.9 Å². The predicted molar refractivity (Wildman–Crippen MR) is 125 cm³/mol. The molecule has 0 bridgehead atoms. The first-order valence-electron chi connectivity index (χ1n) is 10.4. The van der Waals surface area contributed by atoms with Gasteiger partial charge in [0.15, 0.2) is 0 Å². The molecule has 0 aliphatic heterocycles. The molecule has 33 heavy (non-hydrogen) atoms. The van der Waals surface area contributed by atoms with Crippen molar-refractivity contribution in [3.05, 3.63) is 101 Å². The van der Waals surface area contributed by atoms with Crippen molar-refractivity contribution in [1.82, 2.24) is 9.55 Å². The van der Waals surface area contributed by atoms with Crippen LogP contribution in [0.15, 0.2) is 73.1 Å². The van der Waals surface area contributed by atoms with E-state index in [9.17, 15) is 9.18 Å². The molecular formula is C26H22ClFN2O3. The highest BCUT2D eigenvalue weighted by Crippen LogP contribution is 2.34. The molecule has 5 nitrogen and oxygen atoms in total. The van der Waals surface area contributed by atoms with Gasteiger partial charge < -0.3 is 14.0 Å². The molecule has 4 rings (SSSR count). The van der Waals surface area contributed by atoms with Crippen LogP contribution in [0.3, 0.4) is 0 Å². The van der Waals surface area contributed by atoms with E-state index in [2.05, 4.69) is 4.98 Å². The summed E-state index contributed by atoms with van der Waals surface area (Å²) in [6.45, 7) is 4.22. The Labute approximate surface area is 196 Å². The van der Waals surface area contributed by atoms with E-state index in [1.165, 1.54) is 18.3 Å². The van der Waals surface area contributed by atoms with Gasteiger partial charge in [-0.25, -0.2) is 9.18 Å². The van der Waals surface area contributed by atoms with Gasteiger partial charge in [-0.05, 0) is 56.3 Å². The fourth-order valence-electron chi connectivity index (χ4n) is 3.57. The Morgan fingerprint density at radius 1 is 1.09 bits per heavy atom. The lowest BCUT2D eigenvalue weighted by atomic mass is 10.1. The topological polar surface area (TPSA) is 53.3 Å². The molecular weight excluding hydrogens is 443 g/mol. The second-order valence-electron chi connectivity index (χ2n) is 7.37. The molecule has 7 heteroatoms. The number of carbonyl (C=O) groups excluding carboxylic acids is 1. The second kappa shape index (κ2) is 9.88. The van der Waals surface area contributed by atoms with E-state index < -0.39 is 11.8 Å². The summed E-state index contributed by atoms with van der Waals surface area (Å²) in [6, 6.07) is 17.6. The monoisotopic (exact) mass is 464 g/mol. The van der Waals surface area contributed by atoms with Gasteiger partial charge in [-0.2, -0.15) is 0 Å².